The number of hydrogen-bond acceptors (Lipinski definition) is 1. The Morgan fingerprint density at radius 2 is 1.93 bits per heavy atom. The Morgan fingerprint density at radius 1 is 1.29 bits per heavy atom. The molecule has 1 aliphatic carbocycles. The second-order valence-electron chi connectivity index (χ2n) is 3.86. The van der Waals surface area contributed by atoms with Crippen molar-refractivity contribution in [3.05, 3.63) is 34.6 Å². The molecule has 1 fully saturated rings. The van der Waals surface area contributed by atoms with Gasteiger partial charge in [-0.25, -0.2) is 4.39 Å². The van der Waals surface area contributed by atoms with Gasteiger partial charge in [-0.3, -0.25) is 0 Å². The van der Waals surface area contributed by atoms with Gasteiger partial charge in [0.05, 0.1) is 5.60 Å². The van der Waals surface area contributed by atoms with Crippen molar-refractivity contribution in [1.29, 1.82) is 0 Å². The van der Waals surface area contributed by atoms with Crippen LogP contribution in [0.15, 0.2) is 18.2 Å². The van der Waals surface area contributed by atoms with Gasteiger partial charge in [-0.05, 0) is 31.0 Å². The maximum absolute atomic E-state index is 13.0. The van der Waals surface area contributed by atoms with Crippen LogP contribution in [0.2, 0.25) is 5.02 Å². The third-order valence-corrected chi connectivity index (χ3v) is 3.19. The first-order chi connectivity index (χ1) is 6.62. The quantitative estimate of drug-likeness (QED) is 0.761. The smallest absolute Gasteiger partial charge is 0.123 e. The number of halogens is 2. The molecule has 0 radical (unpaired) electrons. The van der Waals surface area contributed by atoms with E-state index in [0.717, 1.165) is 12.8 Å². The van der Waals surface area contributed by atoms with Crippen molar-refractivity contribution in [2.75, 3.05) is 0 Å². The molecule has 1 N–H and O–H groups in total. The van der Waals surface area contributed by atoms with Gasteiger partial charge in [0.25, 0.3) is 0 Å². The molecular weight excluding hydrogens is 203 g/mol. The average molecular weight is 215 g/mol. The van der Waals surface area contributed by atoms with E-state index in [4.69, 9.17) is 11.6 Å². The minimum atomic E-state index is -0.904. The Kier molecular flexibility index (Phi) is 2.50. The standard InChI is InChI=1S/C11H12ClFO/c12-10-4-3-8(13)7-9(10)11(14)5-1-2-6-11/h3-4,7,14H,1-2,5-6H2. The molecule has 0 heterocycles. The van der Waals surface area contributed by atoms with E-state index >= 15 is 0 Å². The van der Waals surface area contributed by atoms with E-state index in [1.807, 2.05) is 0 Å². The van der Waals surface area contributed by atoms with E-state index in [-0.39, 0.29) is 5.82 Å². The first-order valence-electron chi connectivity index (χ1n) is 4.80. The molecule has 1 saturated carbocycles. The van der Waals surface area contributed by atoms with Crippen molar-refractivity contribution in [3.8, 4) is 0 Å². The van der Waals surface area contributed by atoms with Gasteiger partial charge in [0.2, 0.25) is 0 Å². The molecule has 0 amide bonds. The van der Waals surface area contributed by atoms with Crippen LogP contribution in [0.3, 0.4) is 0 Å². The van der Waals surface area contributed by atoms with Crippen molar-refractivity contribution in [3.63, 3.8) is 0 Å². The van der Waals surface area contributed by atoms with E-state index in [1.165, 1.54) is 18.2 Å². The van der Waals surface area contributed by atoms with E-state index in [0.29, 0.717) is 23.4 Å². The Bertz CT molecular complexity index is 345. The van der Waals surface area contributed by atoms with Gasteiger partial charge in [-0.1, -0.05) is 24.4 Å². The molecule has 0 aliphatic heterocycles. The highest BCUT2D eigenvalue weighted by Gasteiger charge is 2.34. The molecule has 1 aliphatic rings. The summed E-state index contributed by atoms with van der Waals surface area (Å²) in [6.45, 7) is 0. The van der Waals surface area contributed by atoms with E-state index in [9.17, 15) is 9.50 Å². The van der Waals surface area contributed by atoms with Crippen molar-refractivity contribution < 1.29 is 9.50 Å². The third kappa shape index (κ3) is 1.64. The Balaban J connectivity index is 2.44. The van der Waals surface area contributed by atoms with Crippen molar-refractivity contribution in [2.45, 2.75) is 31.3 Å². The van der Waals surface area contributed by atoms with Crippen LogP contribution in [-0.2, 0) is 5.60 Å². The van der Waals surface area contributed by atoms with Gasteiger partial charge >= 0.3 is 0 Å². The highest BCUT2D eigenvalue weighted by atomic mass is 35.5. The predicted octanol–water partition coefficient (Wildman–Crippen LogP) is 3.24. The van der Waals surface area contributed by atoms with Crippen LogP contribution in [0, 0.1) is 5.82 Å². The molecule has 0 spiro atoms. The molecule has 1 aromatic rings. The van der Waals surface area contributed by atoms with Crippen LogP contribution >= 0.6 is 11.6 Å². The second-order valence-corrected chi connectivity index (χ2v) is 4.27. The molecule has 0 saturated heterocycles. The Morgan fingerprint density at radius 3 is 2.57 bits per heavy atom. The zero-order chi connectivity index (χ0) is 10.2. The van der Waals surface area contributed by atoms with E-state index in [1.54, 1.807) is 0 Å². The average Bonchev–Trinajstić information content (AvgIpc) is 2.58. The number of benzene rings is 1. The summed E-state index contributed by atoms with van der Waals surface area (Å²) in [4.78, 5) is 0. The maximum atomic E-state index is 13.0. The van der Waals surface area contributed by atoms with Gasteiger partial charge in [0.15, 0.2) is 0 Å². The molecule has 0 atom stereocenters. The Hall–Kier alpha value is -0.600. The fourth-order valence-electron chi connectivity index (χ4n) is 2.08. The van der Waals surface area contributed by atoms with Crippen molar-refractivity contribution in [2.24, 2.45) is 0 Å². The largest absolute Gasteiger partial charge is 0.385 e. The van der Waals surface area contributed by atoms with Crippen LogP contribution in [0.1, 0.15) is 31.2 Å². The number of hydrogen-bond donors (Lipinski definition) is 1. The summed E-state index contributed by atoms with van der Waals surface area (Å²) in [5, 5.41) is 10.7. The van der Waals surface area contributed by atoms with Crippen molar-refractivity contribution >= 4 is 11.6 Å². The fraction of sp³-hybridized carbons (Fsp3) is 0.455. The highest BCUT2D eigenvalue weighted by molar-refractivity contribution is 6.31. The lowest BCUT2D eigenvalue weighted by Crippen LogP contribution is -2.21. The number of aliphatic hydroxyl groups is 1. The molecule has 1 nitrogen and oxygen atoms in total. The minimum Gasteiger partial charge on any atom is -0.385 e. The molecular formula is C11H12ClFO. The summed E-state index contributed by atoms with van der Waals surface area (Å²) >= 11 is 5.94. The fourth-order valence-corrected chi connectivity index (χ4v) is 2.38. The first-order valence-corrected chi connectivity index (χ1v) is 5.17. The second kappa shape index (κ2) is 3.52. The molecule has 0 unspecified atom stereocenters. The molecule has 2 rings (SSSR count). The minimum absolute atomic E-state index is 0.343. The highest BCUT2D eigenvalue weighted by Crippen LogP contribution is 2.41. The van der Waals surface area contributed by atoms with Gasteiger partial charge in [-0.15, -0.1) is 0 Å². The van der Waals surface area contributed by atoms with Crippen LogP contribution in [0.4, 0.5) is 4.39 Å². The van der Waals surface area contributed by atoms with Crippen LogP contribution in [0.5, 0.6) is 0 Å². The maximum Gasteiger partial charge on any atom is 0.123 e. The zero-order valence-electron chi connectivity index (χ0n) is 7.76. The Labute approximate surface area is 87.5 Å². The molecule has 0 bridgehead atoms. The topological polar surface area (TPSA) is 20.2 Å². The summed E-state index contributed by atoms with van der Waals surface area (Å²) in [7, 11) is 0. The third-order valence-electron chi connectivity index (χ3n) is 2.86. The van der Waals surface area contributed by atoms with Crippen LogP contribution < -0.4 is 0 Å². The lowest BCUT2D eigenvalue weighted by atomic mass is 9.92. The lowest BCUT2D eigenvalue weighted by Gasteiger charge is -2.23. The van der Waals surface area contributed by atoms with Crippen LogP contribution in [-0.4, -0.2) is 5.11 Å². The predicted molar refractivity (Wildman–Crippen MR) is 53.8 cm³/mol. The van der Waals surface area contributed by atoms with Crippen molar-refractivity contribution in [1.82, 2.24) is 0 Å². The van der Waals surface area contributed by atoms with Gasteiger partial charge in [0.1, 0.15) is 5.82 Å². The van der Waals surface area contributed by atoms with Gasteiger partial charge in [-0.2, -0.15) is 0 Å². The summed E-state index contributed by atoms with van der Waals surface area (Å²) in [6.07, 6.45) is 3.30. The summed E-state index contributed by atoms with van der Waals surface area (Å²) in [5.41, 5.74) is -0.365. The van der Waals surface area contributed by atoms with Gasteiger partial charge in [0, 0.05) is 10.6 Å². The van der Waals surface area contributed by atoms with Crippen LogP contribution in [0.25, 0.3) is 0 Å². The summed E-state index contributed by atoms with van der Waals surface area (Å²) < 4.78 is 13.0. The summed E-state index contributed by atoms with van der Waals surface area (Å²) in [6, 6.07) is 4.15. The van der Waals surface area contributed by atoms with E-state index in [2.05, 4.69) is 0 Å². The summed E-state index contributed by atoms with van der Waals surface area (Å²) in [5.74, 6) is -0.343. The van der Waals surface area contributed by atoms with Gasteiger partial charge < -0.3 is 5.11 Å². The number of rotatable bonds is 1. The lowest BCUT2D eigenvalue weighted by molar-refractivity contribution is 0.0443. The normalized spacial score (nSPS) is 19.9. The molecule has 3 heteroatoms. The van der Waals surface area contributed by atoms with E-state index < -0.39 is 5.60 Å². The zero-order valence-corrected chi connectivity index (χ0v) is 8.52. The molecule has 76 valence electrons. The molecule has 14 heavy (non-hydrogen) atoms. The molecule has 0 aromatic heterocycles. The molecule has 1 aromatic carbocycles. The monoisotopic (exact) mass is 214 g/mol. The first kappa shape index (κ1) is 9.94. The SMILES string of the molecule is OC1(c2cc(F)ccc2Cl)CCCC1.